The van der Waals surface area contributed by atoms with Crippen LogP contribution < -0.4 is 10.5 Å². The summed E-state index contributed by atoms with van der Waals surface area (Å²) in [4.78, 5) is 29.2. The first kappa shape index (κ1) is 14.9. The molecule has 24 heavy (non-hydrogen) atoms. The van der Waals surface area contributed by atoms with Crippen LogP contribution in [0.4, 0.5) is 10.1 Å². The highest BCUT2D eigenvalue weighted by molar-refractivity contribution is 5.93. The molecule has 1 N–H and O–H groups in total. The molecule has 4 rings (SSSR count). The van der Waals surface area contributed by atoms with Gasteiger partial charge in [-0.05, 0) is 19.1 Å². The minimum atomic E-state index is -1.32. The van der Waals surface area contributed by atoms with Gasteiger partial charge in [0.1, 0.15) is 23.2 Å². The predicted octanol–water partition coefficient (Wildman–Crippen LogP) is 2.31. The number of carboxylic acids is 1. The van der Waals surface area contributed by atoms with Gasteiger partial charge in [0.2, 0.25) is 5.43 Å². The van der Waals surface area contributed by atoms with E-state index < -0.39 is 17.2 Å². The Morgan fingerprint density at radius 1 is 1.42 bits per heavy atom. The minimum Gasteiger partial charge on any atom is -0.477 e. The van der Waals surface area contributed by atoms with Gasteiger partial charge in [0, 0.05) is 24.5 Å². The summed E-state index contributed by atoms with van der Waals surface area (Å²) in [5.74, 6) is -1.93. The Balaban J connectivity index is 1.95. The van der Waals surface area contributed by atoms with Crippen molar-refractivity contribution in [2.45, 2.75) is 32.0 Å². The smallest absolute Gasteiger partial charge is 0.341 e. The van der Waals surface area contributed by atoms with E-state index in [1.54, 1.807) is 10.6 Å². The van der Waals surface area contributed by atoms with Crippen molar-refractivity contribution in [2.24, 2.45) is 0 Å². The number of nitrogens with zero attached hydrogens (tertiary/aromatic N) is 2. The first-order valence-electron chi connectivity index (χ1n) is 7.74. The first-order chi connectivity index (χ1) is 11.5. The molecule has 0 spiro atoms. The maximum atomic E-state index is 14.6. The highest BCUT2D eigenvalue weighted by Crippen LogP contribution is 2.36. The molecule has 1 saturated heterocycles. The van der Waals surface area contributed by atoms with Crippen molar-refractivity contribution in [2.75, 3.05) is 5.06 Å². The van der Waals surface area contributed by atoms with Crippen molar-refractivity contribution in [1.29, 1.82) is 0 Å². The largest absolute Gasteiger partial charge is 0.477 e. The molecule has 1 aliphatic carbocycles. The van der Waals surface area contributed by atoms with Crippen LogP contribution in [-0.2, 0) is 11.4 Å². The molecule has 1 aliphatic heterocycles. The topological polar surface area (TPSA) is 71.8 Å². The molecule has 1 aromatic carbocycles. The zero-order chi connectivity index (χ0) is 17.0. The van der Waals surface area contributed by atoms with Crippen molar-refractivity contribution in [3.63, 3.8) is 0 Å². The van der Waals surface area contributed by atoms with Gasteiger partial charge in [-0.3, -0.25) is 9.63 Å². The number of carbonyl (C=O) groups is 1. The van der Waals surface area contributed by atoms with E-state index in [0.29, 0.717) is 12.1 Å². The number of halogens is 1. The molecule has 2 atom stereocenters. The van der Waals surface area contributed by atoms with Crippen molar-refractivity contribution in [3.05, 3.63) is 52.1 Å². The number of rotatable bonds is 3. The fraction of sp³-hybridized carbons (Fsp3) is 0.294. The summed E-state index contributed by atoms with van der Waals surface area (Å²) in [7, 11) is 0. The van der Waals surface area contributed by atoms with E-state index >= 15 is 0 Å². The number of aromatic carboxylic acids is 1. The third-order valence-electron chi connectivity index (χ3n) is 4.53. The summed E-state index contributed by atoms with van der Waals surface area (Å²) in [5.41, 5.74) is -0.310. The third kappa shape index (κ3) is 2.05. The zero-order valence-corrected chi connectivity index (χ0v) is 12.9. The Morgan fingerprint density at radius 3 is 2.79 bits per heavy atom. The monoisotopic (exact) mass is 330 g/mol. The summed E-state index contributed by atoms with van der Waals surface area (Å²) >= 11 is 0. The summed E-state index contributed by atoms with van der Waals surface area (Å²) in [5, 5.41) is 10.7. The van der Waals surface area contributed by atoms with E-state index in [4.69, 9.17) is 4.84 Å². The highest BCUT2D eigenvalue weighted by Gasteiger charge is 2.37. The van der Waals surface area contributed by atoms with E-state index in [1.807, 2.05) is 19.1 Å². The number of aromatic nitrogens is 1. The van der Waals surface area contributed by atoms with Gasteiger partial charge in [-0.1, -0.05) is 12.2 Å². The van der Waals surface area contributed by atoms with Crippen molar-refractivity contribution < 1.29 is 19.1 Å². The van der Waals surface area contributed by atoms with Crippen molar-refractivity contribution >= 4 is 22.6 Å². The van der Waals surface area contributed by atoms with Crippen LogP contribution in [-0.4, -0.2) is 27.8 Å². The van der Waals surface area contributed by atoms with Crippen LogP contribution >= 0.6 is 0 Å². The Kier molecular flexibility index (Phi) is 3.21. The average Bonchev–Trinajstić information content (AvgIpc) is 3.18. The molecule has 2 heterocycles. The Labute approximate surface area is 136 Å². The lowest BCUT2D eigenvalue weighted by atomic mass is 10.1. The molecule has 2 aromatic rings. The molecule has 2 aliphatic rings. The number of pyridine rings is 1. The van der Waals surface area contributed by atoms with E-state index in [1.165, 1.54) is 11.3 Å². The maximum absolute atomic E-state index is 14.6. The van der Waals surface area contributed by atoms with Gasteiger partial charge in [0.25, 0.3) is 0 Å². The number of hydroxylamine groups is 1. The second-order valence-electron chi connectivity index (χ2n) is 5.94. The van der Waals surface area contributed by atoms with Crippen LogP contribution in [0.25, 0.3) is 10.9 Å². The molecule has 1 fully saturated rings. The van der Waals surface area contributed by atoms with Crippen LogP contribution in [0.1, 0.15) is 23.7 Å². The summed E-state index contributed by atoms with van der Waals surface area (Å²) in [6.07, 6.45) is 5.94. The van der Waals surface area contributed by atoms with Crippen molar-refractivity contribution in [1.82, 2.24) is 4.57 Å². The highest BCUT2D eigenvalue weighted by atomic mass is 19.1. The average molecular weight is 330 g/mol. The summed E-state index contributed by atoms with van der Waals surface area (Å²) in [6, 6.07) is 2.63. The van der Waals surface area contributed by atoms with Crippen LogP contribution in [0.2, 0.25) is 0 Å². The van der Waals surface area contributed by atoms with E-state index in [2.05, 4.69) is 0 Å². The Hall–Kier alpha value is -2.67. The molecule has 0 saturated carbocycles. The number of benzene rings is 1. The molecule has 1 aromatic heterocycles. The normalized spacial score (nSPS) is 21.8. The van der Waals surface area contributed by atoms with E-state index in [-0.39, 0.29) is 28.8 Å². The molecule has 2 unspecified atom stereocenters. The van der Waals surface area contributed by atoms with Gasteiger partial charge in [-0.15, -0.1) is 0 Å². The second-order valence-corrected chi connectivity index (χ2v) is 5.94. The number of carboxylic acid groups (broad SMARTS) is 1. The molecule has 0 amide bonds. The number of hydrogen-bond donors (Lipinski definition) is 1. The molecular weight excluding hydrogens is 315 g/mol. The Morgan fingerprint density at radius 2 is 2.21 bits per heavy atom. The minimum absolute atomic E-state index is 0.0259. The first-order valence-corrected chi connectivity index (χ1v) is 7.74. The third-order valence-corrected chi connectivity index (χ3v) is 4.53. The molecule has 124 valence electrons. The number of fused-ring (bicyclic) bond motifs is 3. The lowest BCUT2D eigenvalue weighted by molar-refractivity contribution is 0.0694. The van der Waals surface area contributed by atoms with Gasteiger partial charge in [0.15, 0.2) is 0 Å². The molecule has 0 radical (unpaired) electrons. The summed E-state index contributed by atoms with van der Waals surface area (Å²) in [6.45, 7) is 2.28. The van der Waals surface area contributed by atoms with Gasteiger partial charge >= 0.3 is 5.97 Å². The fourth-order valence-electron chi connectivity index (χ4n) is 3.34. The SMILES string of the molecule is CCn1cc(C(=O)O)c(=O)c2cc(F)c(N3OC4C=CC3C4)cc21. The van der Waals surface area contributed by atoms with E-state index in [9.17, 15) is 19.1 Å². The van der Waals surface area contributed by atoms with Crippen LogP contribution in [0.3, 0.4) is 0 Å². The lowest BCUT2D eigenvalue weighted by Crippen LogP contribution is -2.29. The molecule has 7 heteroatoms. The van der Waals surface area contributed by atoms with Gasteiger partial charge in [-0.2, -0.15) is 0 Å². The number of hydrogen-bond acceptors (Lipinski definition) is 4. The molecule has 2 bridgehead atoms. The molecular formula is C17H15FN2O4. The lowest BCUT2D eigenvalue weighted by Gasteiger charge is -2.25. The van der Waals surface area contributed by atoms with Gasteiger partial charge in [-0.25, -0.2) is 14.2 Å². The molecule has 6 nitrogen and oxygen atoms in total. The maximum Gasteiger partial charge on any atom is 0.341 e. The number of anilines is 1. The number of aryl methyl sites for hydroxylation is 1. The second kappa shape index (κ2) is 5.17. The van der Waals surface area contributed by atoms with Crippen LogP contribution in [0.5, 0.6) is 0 Å². The Bertz CT molecular complexity index is 950. The predicted molar refractivity (Wildman–Crippen MR) is 85.7 cm³/mol. The standard InChI is InChI=1S/C17H15FN2O4/c1-2-19-8-12(17(22)23)16(21)11-6-13(18)15(7-14(11)19)20-9-3-4-10(5-9)24-20/h3-4,6-10H,2,5H2,1H3,(H,22,23). The van der Waals surface area contributed by atoms with Gasteiger partial charge in [0.05, 0.1) is 11.6 Å². The zero-order valence-electron chi connectivity index (χ0n) is 12.9. The fourth-order valence-corrected chi connectivity index (χ4v) is 3.34. The van der Waals surface area contributed by atoms with E-state index in [0.717, 1.165) is 12.5 Å². The van der Waals surface area contributed by atoms with Crippen molar-refractivity contribution in [3.8, 4) is 0 Å². The summed E-state index contributed by atoms with van der Waals surface area (Å²) < 4.78 is 16.2. The van der Waals surface area contributed by atoms with Crippen LogP contribution in [0.15, 0.2) is 35.3 Å². The quantitative estimate of drug-likeness (QED) is 0.875. The van der Waals surface area contributed by atoms with Gasteiger partial charge < -0.3 is 9.67 Å². The van der Waals surface area contributed by atoms with Crippen LogP contribution in [0, 0.1) is 5.82 Å².